The highest BCUT2D eigenvalue weighted by Gasteiger charge is 2.36. The summed E-state index contributed by atoms with van der Waals surface area (Å²) in [5.74, 6) is -0.476. The molecule has 98 valence electrons. The van der Waals surface area contributed by atoms with Crippen molar-refractivity contribution in [2.75, 3.05) is 13.1 Å². The van der Waals surface area contributed by atoms with Crippen LogP contribution >= 0.6 is 0 Å². The Morgan fingerprint density at radius 3 is 2.41 bits per heavy atom. The van der Waals surface area contributed by atoms with Crippen molar-refractivity contribution in [2.45, 2.75) is 39.7 Å². The zero-order valence-electron chi connectivity index (χ0n) is 10.9. The largest absolute Gasteiger partial charge is 0.465 e. The molecule has 5 heteroatoms. The van der Waals surface area contributed by atoms with Crippen LogP contribution in [0.1, 0.15) is 34.1 Å². The minimum Gasteiger partial charge on any atom is -0.465 e. The fraction of sp³-hybridized carbons (Fsp3) is 0.833. The summed E-state index contributed by atoms with van der Waals surface area (Å²) in [4.78, 5) is 24.1. The Kier molecular flexibility index (Phi) is 4.01. The Bertz CT molecular complexity index is 308. The second kappa shape index (κ2) is 4.94. The molecule has 0 aliphatic carbocycles. The highest BCUT2D eigenvalue weighted by molar-refractivity contribution is 5.75. The summed E-state index contributed by atoms with van der Waals surface area (Å²) in [5, 5.41) is 8.93. The number of ether oxygens (including phenoxy) is 1. The van der Waals surface area contributed by atoms with Gasteiger partial charge in [-0.05, 0) is 33.1 Å². The molecule has 2 atom stereocenters. The summed E-state index contributed by atoms with van der Waals surface area (Å²) in [6.45, 7) is 8.14. The maximum atomic E-state index is 12.0. The van der Waals surface area contributed by atoms with Gasteiger partial charge in [0, 0.05) is 13.1 Å². The molecule has 0 radical (unpaired) electrons. The number of carboxylic acid groups (broad SMARTS) is 1. The molecule has 0 saturated carbocycles. The highest BCUT2D eigenvalue weighted by atomic mass is 16.6. The van der Waals surface area contributed by atoms with Crippen molar-refractivity contribution in [3.8, 4) is 0 Å². The molecule has 1 aliphatic rings. The van der Waals surface area contributed by atoms with Crippen LogP contribution in [0.25, 0.3) is 0 Å². The third-order valence-corrected chi connectivity index (χ3v) is 2.94. The molecule has 17 heavy (non-hydrogen) atoms. The van der Waals surface area contributed by atoms with Crippen LogP contribution < -0.4 is 0 Å². The van der Waals surface area contributed by atoms with Gasteiger partial charge >= 0.3 is 12.1 Å². The summed E-state index contributed by atoms with van der Waals surface area (Å²) in [6.07, 6.45) is -0.263. The Hall–Kier alpha value is -1.26. The molecular weight excluding hydrogens is 222 g/mol. The van der Waals surface area contributed by atoms with E-state index in [2.05, 4.69) is 0 Å². The van der Waals surface area contributed by atoms with Gasteiger partial charge in [-0.25, -0.2) is 4.79 Å². The smallest absolute Gasteiger partial charge is 0.407 e. The number of nitrogens with zero attached hydrogens (tertiary/aromatic N) is 1. The fourth-order valence-electron chi connectivity index (χ4n) is 1.93. The first-order valence-corrected chi connectivity index (χ1v) is 5.91. The number of hydrogen-bond acceptors (Lipinski definition) is 3. The van der Waals surface area contributed by atoms with E-state index < -0.39 is 11.7 Å². The number of hydrogen-bond donors (Lipinski definition) is 1. The third kappa shape index (κ3) is 3.91. The zero-order valence-corrected chi connectivity index (χ0v) is 10.9. The van der Waals surface area contributed by atoms with Crippen LogP contribution in [0.2, 0.25) is 0 Å². The molecule has 0 bridgehead atoms. The first kappa shape index (κ1) is 13.8. The summed E-state index contributed by atoms with van der Waals surface area (Å²) < 4.78 is 5.32. The van der Waals surface area contributed by atoms with Crippen molar-refractivity contribution in [2.24, 2.45) is 11.8 Å². The number of esters is 1. The van der Waals surface area contributed by atoms with Crippen LogP contribution in [0.15, 0.2) is 0 Å². The number of carbonyl (C=O) groups is 2. The monoisotopic (exact) mass is 243 g/mol. The Balaban J connectivity index is 2.67. The minimum atomic E-state index is -0.967. The molecule has 0 aromatic rings. The second-order valence-electron chi connectivity index (χ2n) is 5.63. The molecule has 1 aliphatic heterocycles. The summed E-state index contributed by atoms with van der Waals surface area (Å²) >= 11 is 0. The Labute approximate surface area is 102 Å². The topological polar surface area (TPSA) is 66.8 Å². The molecule has 5 nitrogen and oxygen atoms in total. The van der Waals surface area contributed by atoms with Crippen LogP contribution in [-0.4, -0.2) is 40.8 Å². The lowest BCUT2D eigenvalue weighted by molar-refractivity contribution is -0.163. The summed E-state index contributed by atoms with van der Waals surface area (Å²) in [7, 11) is 0. The van der Waals surface area contributed by atoms with E-state index in [1.807, 2.05) is 27.7 Å². The molecule has 1 amide bonds. The third-order valence-electron chi connectivity index (χ3n) is 2.94. The molecule has 1 heterocycles. The van der Waals surface area contributed by atoms with Crippen molar-refractivity contribution in [1.82, 2.24) is 4.90 Å². The number of carbonyl (C=O) groups excluding carboxylic acids is 1. The van der Waals surface area contributed by atoms with Gasteiger partial charge in [-0.15, -0.1) is 0 Å². The van der Waals surface area contributed by atoms with Gasteiger partial charge in [-0.2, -0.15) is 0 Å². The van der Waals surface area contributed by atoms with E-state index >= 15 is 0 Å². The van der Waals surface area contributed by atoms with Gasteiger partial charge < -0.3 is 14.7 Å². The van der Waals surface area contributed by atoms with E-state index in [9.17, 15) is 9.59 Å². The lowest BCUT2D eigenvalue weighted by Crippen LogP contribution is -2.46. The van der Waals surface area contributed by atoms with Gasteiger partial charge in [0.15, 0.2) is 0 Å². The predicted octanol–water partition coefficient (Wildman–Crippen LogP) is 1.96. The average Bonchev–Trinajstić information content (AvgIpc) is 2.14. The summed E-state index contributed by atoms with van der Waals surface area (Å²) in [5.41, 5.74) is -0.525. The predicted molar refractivity (Wildman–Crippen MR) is 62.7 cm³/mol. The van der Waals surface area contributed by atoms with Crippen molar-refractivity contribution in [1.29, 1.82) is 0 Å². The van der Waals surface area contributed by atoms with Crippen LogP contribution in [0.4, 0.5) is 4.79 Å². The normalized spacial score (nSPS) is 25.5. The van der Waals surface area contributed by atoms with Gasteiger partial charge in [0.25, 0.3) is 0 Å². The maximum Gasteiger partial charge on any atom is 0.407 e. The average molecular weight is 243 g/mol. The van der Waals surface area contributed by atoms with Gasteiger partial charge in [0.05, 0.1) is 5.92 Å². The molecule has 1 N–H and O–H groups in total. The van der Waals surface area contributed by atoms with Crippen molar-refractivity contribution >= 4 is 12.1 Å². The van der Waals surface area contributed by atoms with E-state index in [1.165, 1.54) is 4.90 Å². The zero-order chi connectivity index (χ0) is 13.2. The Morgan fingerprint density at radius 1 is 1.35 bits per heavy atom. The van der Waals surface area contributed by atoms with Crippen molar-refractivity contribution in [3.63, 3.8) is 0 Å². The van der Waals surface area contributed by atoms with Gasteiger partial charge in [0.1, 0.15) is 5.60 Å². The summed E-state index contributed by atoms with van der Waals surface area (Å²) in [6, 6.07) is 0. The van der Waals surface area contributed by atoms with Gasteiger partial charge in [-0.1, -0.05) is 6.92 Å². The number of likely N-dealkylation sites (tertiary alicyclic amines) is 1. The van der Waals surface area contributed by atoms with E-state index in [0.717, 1.165) is 0 Å². The van der Waals surface area contributed by atoms with Crippen molar-refractivity contribution < 1.29 is 19.4 Å². The Morgan fingerprint density at radius 2 is 1.94 bits per heavy atom. The van der Waals surface area contributed by atoms with Crippen LogP contribution in [-0.2, 0) is 9.53 Å². The maximum absolute atomic E-state index is 12.0. The highest BCUT2D eigenvalue weighted by Crippen LogP contribution is 2.26. The molecule has 1 saturated heterocycles. The molecule has 0 aromatic carbocycles. The quantitative estimate of drug-likeness (QED) is 0.715. The van der Waals surface area contributed by atoms with Gasteiger partial charge in [0.2, 0.25) is 0 Å². The number of rotatable bonds is 1. The molecule has 1 rings (SSSR count). The van der Waals surface area contributed by atoms with E-state index in [-0.39, 0.29) is 24.3 Å². The van der Waals surface area contributed by atoms with E-state index in [4.69, 9.17) is 9.84 Å². The SMILES string of the molecule is C[C@@H]1CCN(C(=O)O)C[C@@H]1C(=O)OC(C)(C)C. The van der Waals surface area contributed by atoms with Crippen LogP contribution in [0.3, 0.4) is 0 Å². The van der Waals surface area contributed by atoms with Crippen molar-refractivity contribution in [3.05, 3.63) is 0 Å². The minimum absolute atomic E-state index is 0.167. The molecule has 1 fully saturated rings. The first-order valence-electron chi connectivity index (χ1n) is 5.91. The molecular formula is C12H21NO4. The molecule has 0 unspecified atom stereocenters. The first-order chi connectivity index (χ1) is 7.70. The van der Waals surface area contributed by atoms with E-state index in [0.29, 0.717) is 13.0 Å². The van der Waals surface area contributed by atoms with Crippen LogP contribution in [0, 0.1) is 11.8 Å². The second-order valence-corrected chi connectivity index (χ2v) is 5.63. The molecule has 0 aromatic heterocycles. The van der Waals surface area contributed by atoms with Gasteiger partial charge in [-0.3, -0.25) is 4.79 Å². The van der Waals surface area contributed by atoms with Crippen LogP contribution in [0.5, 0.6) is 0 Å². The van der Waals surface area contributed by atoms with E-state index in [1.54, 1.807) is 0 Å². The standard InChI is InChI=1S/C12H21NO4/c1-8-5-6-13(11(15)16)7-9(8)10(14)17-12(2,3)4/h8-9H,5-7H2,1-4H3,(H,15,16)/t8-,9+/m1/s1. The fourth-order valence-corrected chi connectivity index (χ4v) is 1.93. The number of amides is 1. The number of piperidine rings is 1. The lowest BCUT2D eigenvalue weighted by Gasteiger charge is -2.35. The lowest BCUT2D eigenvalue weighted by atomic mass is 9.87. The molecule has 0 spiro atoms.